The molecule has 2 N–H and O–H groups in total. The summed E-state index contributed by atoms with van der Waals surface area (Å²) in [5.41, 5.74) is 1.22. The first-order valence-corrected chi connectivity index (χ1v) is 8.75. The van der Waals surface area contributed by atoms with E-state index in [4.69, 9.17) is 4.98 Å². The molecule has 6 nitrogen and oxygen atoms in total. The van der Waals surface area contributed by atoms with Gasteiger partial charge in [0.1, 0.15) is 5.54 Å². The zero-order chi connectivity index (χ0) is 17.4. The molecule has 2 fully saturated rings. The van der Waals surface area contributed by atoms with Crippen LogP contribution in [0.25, 0.3) is 10.9 Å². The number of para-hydroxylation sites is 1. The molecule has 0 spiro atoms. The van der Waals surface area contributed by atoms with E-state index in [0.717, 1.165) is 49.1 Å². The van der Waals surface area contributed by atoms with Crippen LogP contribution in [0.15, 0.2) is 36.4 Å². The van der Waals surface area contributed by atoms with Crippen LogP contribution in [0, 0.1) is 5.92 Å². The smallest absolute Gasteiger partial charge is 0.322 e. The number of fused-ring (bicyclic) bond motifs is 1. The summed E-state index contributed by atoms with van der Waals surface area (Å²) in [5.74, 6) is -0.110. The van der Waals surface area contributed by atoms with Gasteiger partial charge in [0.25, 0.3) is 5.91 Å². The van der Waals surface area contributed by atoms with E-state index < -0.39 is 5.54 Å². The number of hydrogen-bond donors (Lipinski definition) is 2. The summed E-state index contributed by atoms with van der Waals surface area (Å²) in [6.07, 6.45) is 1.95. The number of amides is 3. The summed E-state index contributed by atoms with van der Waals surface area (Å²) in [4.78, 5) is 30.8. The lowest BCUT2D eigenvalue weighted by atomic mass is 9.80. The van der Waals surface area contributed by atoms with Gasteiger partial charge in [-0.1, -0.05) is 24.3 Å². The number of hydrogen-bond acceptors (Lipinski definition) is 4. The minimum Gasteiger partial charge on any atom is -0.323 e. The molecule has 1 aromatic heterocycles. The summed E-state index contributed by atoms with van der Waals surface area (Å²) in [6.45, 7) is 4.35. The highest BCUT2D eigenvalue weighted by Crippen LogP contribution is 2.30. The number of likely N-dealkylation sites (tertiary alicyclic amines) is 1. The fourth-order valence-corrected chi connectivity index (χ4v) is 3.94. The van der Waals surface area contributed by atoms with Gasteiger partial charge < -0.3 is 5.32 Å². The maximum Gasteiger partial charge on any atom is 0.322 e. The predicted molar refractivity (Wildman–Crippen MR) is 94.8 cm³/mol. The summed E-state index contributed by atoms with van der Waals surface area (Å²) < 4.78 is 0. The Morgan fingerprint density at radius 3 is 2.88 bits per heavy atom. The van der Waals surface area contributed by atoms with Crippen LogP contribution in [0.3, 0.4) is 0 Å². The van der Waals surface area contributed by atoms with E-state index in [0.29, 0.717) is 0 Å². The minimum atomic E-state index is -0.813. The molecule has 2 aliphatic heterocycles. The summed E-state index contributed by atoms with van der Waals surface area (Å²) in [7, 11) is 0. The molecule has 1 aromatic carbocycles. The van der Waals surface area contributed by atoms with Crippen molar-refractivity contribution in [2.45, 2.75) is 31.8 Å². The summed E-state index contributed by atoms with van der Waals surface area (Å²) in [6, 6.07) is 11.9. The first-order chi connectivity index (χ1) is 12.0. The number of carbonyl (C=O) groups excluding carboxylic acids is 2. The van der Waals surface area contributed by atoms with Gasteiger partial charge in [-0.15, -0.1) is 0 Å². The number of nitrogens with zero attached hydrogens (tertiary/aromatic N) is 2. The van der Waals surface area contributed by atoms with Crippen LogP contribution in [0.5, 0.6) is 0 Å². The lowest BCUT2D eigenvalue weighted by molar-refractivity contribution is -0.126. The number of imide groups is 1. The van der Waals surface area contributed by atoms with E-state index in [1.807, 2.05) is 25.1 Å². The van der Waals surface area contributed by atoms with Crippen LogP contribution in [0.4, 0.5) is 4.79 Å². The molecule has 0 saturated carbocycles. The highest BCUT2D eigenvalue weighted by atomic mass is 16.2. The molecular formula is C19H22N4O2. The maximum atomic E-state index is 12.2. The summed E-state index contributed by atoms with van der Waals surface area (Å²) >= 11 is 0. The van der Waals surface area contributed by atoms with Crippen molar-refractivity contribution in [2.75, 3.05) is 13.1 Å². The van der Waals surface area contributed by atoms with Crippen molar-refractivity contribution in [2.24, 2.45) is 5.92 Å². The molecule has 0 radical (unpaired) electrons. The molecule has 0 bridgehead atoms. The number of nitrogens with one attached hydrogen (secondary N) is 2. The molecule has 0 aliphatic carbocycles. The van der Waals surface area contributed by atoms with Crippen molar-refractivity contribution < 1.29 is 9.59 Å². The van der Waals surface area contributed by atoms with Crippen molar-refractivity contribution in [1.29, 1.82) is 0 Å². The third-order valence-corrected chi connectivity index (χ3v) is 5.44. The Kier molecular flexibility index (Phi) is 3.92. The third kappa shape index (κ3) is 2.98. The van der Waals surface area contributed by atoms with E-state index in [1.54, 1.807) is 0 Å². The highest BCUT2D eigenvalue weighted by molar-refractivity contribution is 6.07. The molecule has 2 aromatic rings. The van der Waals surface area contributed by atoms with Crippen molar-refractivity contribution >= 4 is 22.8 Å². The molecule has 3 amide bonds. The van der Waals surface area contributed by atoms with Gasteiger partial charge in [-0.2, -0.15) is 0 Å². The molecule has 6 heteroatoms. The zero-order valence-electron chi connectivity index (χ0n) is 14.3. The standard InChI is InChI=1S/C19H22N4O2/c1-19(17(24)21-18(25)22-19)14-6-4-10-23(11-14)12-15-9-8-13-5-2-3-7-16(13)20-15/h2-3,5,7-9,14H,4,6,10-12H2,1H3,(H2,21,22,24,25). The van der Waals surface area contributed by atoms with E-state index in [9.17, 15) is 9.59 Å². The largest absolute Gasteiger partial charge is 0.323 e. The van der Waals surface area contributed by atoms with Crippen LogP contribution < -0.4 is 10.6 Å². The van der Waals surface area contributed by atoms with Gasteiger partial charge in [0.2, 0.25) is 0 Å². The van der Waals surface area contributed by atoms with Gasteiger partial charge in [-0.3, -0.25) is 20.0 Å². The van der Waals surface area contributed by atoms with Gasteiger partial charge in [0.05, 0.1) is 11.2 Å². The molecule has 4 rings (SSSR count). The van der Waals surface area contributed by atoms with Gasteiger partial charge in [0.15, 0.2) is 0 Å². The second-order valence-corrected chi connectivity index (χ2v) is 7.18. The number of aromatic nitrogens is 1. The molecule has 25 heavy (non-hydrogen) atoms. The van der Waals surface area contributed by atoms with E-state index in [2.05, 4.69) is 33.7 Å². The first-order valence-electron chi connectivity index (χ1n) is 8.75. The first kappa shape index (κ1) is 16.0. The number of benzene rings is 1. The van der Waals surface area contributed by atoms with Crippen LogP contribution in [0.2, 0.25) is 0 Å². The van der Waals surface area contributed by atoms with Gasteiger partial charge in [-0.25, -0.2) is 4.79 Å². The SMILES string of the molecule is CC1(C2CCCN(Cc3ccc4ccccc4n3)C2)NC(=O)NC1=O. The number of carbonyl (C=O) groups is 2. The lowest BCUT2D eigenvalue weighted by Crippen LogP contribution is -2.55. The van der Waals surface area contributed by atoms with Crippen LogP contribution in [-0.2, 0) is 11.3 Å². The Morgan fingerprint density at radius 1 is 1.24 bits per heavy atom. The number of pyridine rings is 1. The van der Waals surface area contributed by atoms with Gasteiger partial charge in [0, 0.05) is 24.4 Å². The minimum absolute atomic E-state index is 0.105. The summed E-state index contributed by atoms with van der Waals surface area (Å²) in [5, 5.41) is 6.33. The quantitative estimate of drug-likeness (QED) is 0.840. The third-order valence-electron chi connectivity index (χ3n) is 5.44. The number of rotatable bonds is 3. The Balaban J connectivity index is 1.49. The fraction of sp³-hybridized carbons (Fsp3) is 0.421. The molecule has 2 aliphatic rings. The molecule has 3 heterocycles. The van der Waals surface area contributed by atoms with E-state index in [-0.39, 0.29) is 17.9 Å². The topological polar surface area (TPSA) is 74.3 Å². The highest BCUT2D eigenvalue weighted by Gasteiger charge is 2.48. The monoisotopic (exact) mass is 338 g/mol. The van der Waals surface area contributed by atoms with Crippen LogP contribution in [-0.4, -0.2) is 40.5 Å². The van der Waals surface area contributed by atoms with Gasteiger partial charge in [-0.05, 0) is 38.4 Å². The number of piperidine rings is 1. The normalized spacial score (nSPS) is 27.3. The van der Waals surface area contributed by atoms with Crippen molar-refractivity contribution in [1.82, 2.24) is 20.5 Å². The Labute approximate surface area is 146 Å². The molecule has 2 unspecified atom stereocenters. The Bertz CT molecular complexity index is 837. The Hall–Kier alpha value is -2.47. The van der Waals surface area contributed by atoms with Gasteiger partial charge >= 0.3 is 6.03 Å². The lowest BCUT2D eigenvalue weighted by Gasteiger charge is -2.39. The molecular weight excluding hydrogens is 316 g/mol. The maximum absolute atomic E-state index is 12.2. The average molecular weight is 338 g/mol. The van der Waals surface area contributed by atoms with Crippen LogP contribution >= 0.6 is 0 Å². The van der Waals surface area contributed by atoms with Crippen molar-refractivity contribution in [3.05, 3.63) is 42.1 Å². The van der Waals surface area contributed by atoms with Crippen molar-refractivity contribution in [3.8, 4) is 0 Å². The predicted octanol–water partition coefficient (Wildman–Crippen LogP) is 2.04. The zero-order valence-corrected chi connectivity index (χ0v) is 14.3. The molecule has 2 saturated heterocycles. The second-order valence-electron chi connectivity index (χ2n) is 7.18. The second kappa shape index (κ2) is 6.11. The van der Waals surface area contributed by atoms with E-state index in [1.165, 1.54) is 0 Å². The number of urea groups is 1. The average Bonchev–Trinajstić information content (AvgIpc) is 2.88. The van der Waals surface area contributed by atoms with E-state index >= 15 is 0 Å². The molecule has 130 valence electrons. The van der Waals surface area contributed by atoms with Crippen molar-refractivity contribution in [3.63, 3.8) is 0 Å². The van der Waals surface area contributed by atoms with Crippen LogP contribution in [0.1, 0.15) is 25.5 Å². The molecule has 2 atom stereocenters. The fourth-order valence-electron chi connectivity index (χ4n) is 3.94. The Morgan fingerprint density at radius 2 is 2.08 bits per heavy atom.